The number of carbonyl (C=O) groups is 2. The van der Waals surface area contributed by atoms with Gasteiger partial charge in [-0.1, -0.05) is 23.6 Å². The summed E-state index contributed by atoms with van der Waals surface area (Å²) >= 11 is 0. The monoisotopic (exact) mass is 276 g/mol. The molecule has 0 heterocycles. The maximum absolute atomic E-state index is 10.9. The Hall–Kier alpha value is -0.788. The zero-order valence-electron chi connectivity index (χ0n) is 8.91. The van der Waals surface area contributed by atoms with Gasteiger partial charge in [0.15, 0.2) is 0 Å². The van der Waals surface area contributed by atoms with Gasteiger partial charge in [0.2, 0.25) is 0 Å². The van der Waals surface area contributed by atoms with Crippen LogP contribution in [0, 0.1) is 0 Å². The predicted molar refractivity (Wildman–Crippen MR) is 49.4 cm³/mol. The molecule has 1 aromatic carbocycles. The third-order valence-electron chi connectivity index (χ3n) is 1.52. The molecule has 0 saturated carbocycles. The molecule has 8 nitrogen and oxygen atoms in total. The van der Waals surface area contributed by atoms with E-state index in [1.807, 2.05) is 0 Å². The number of benzene rings is 1. The predicted octanol–water partition coefficient (Wildman–Crippen LogP) is -4.55. The molecule has 0 aromatic heterocycles. The summed E-state index contributed by atoms with van der Waals surface area (Å²) in [7, 11) is 0. The molecule has 0 atom stereocenters. The maximum Gasteiger partial charge on any atom is 2.00 e. The van der Waals surface area contributed by atoms with Gasteiger partial charge in [-0.3, -0.25) is 0 Å². The Bertz CT molecular complexity index is 380. The van der Waals surface area contributed by atoms with Gasteiger partial charge in [-0.15, -0.1) is 0 Å². The van der Waals surface area contributed by atoms with Crippen LogP contribution >= 0.6 is 0 Å². The first kappa shape index (κ1) is 25.9. The van der Waals surface area contributed by atoms with Gasteiger partial charge in [-0.2, -0.15) is 0 Å². The van der Waals surface area contributed by atoms with Crippen LogP contribution in [0.5, 0.6) is 11.5 Å². The summed E-state index contributed by atoms with van der Waals surface area (Å²) in [6.07, 6.45) is 0. The third kappa shape index (κ3) is 5.70. The fraction of sp³-hybridized carbons (Fsp3) is 0. The Morgan fingerprint density at radius 1 is 0.778 bits per heavy atom. The van der Waals surface area contributed by atoms with Crippen molar-refractivity contribution in [2.45, 2.75) is 0 Å². The Morgan fingerprint density at radius 3 is 1.17 bits per heavy atom. The van der Waals surface area contributed by atoms with Crippen molar-refractivity contribution in [2.75, 3.05) is 0 Å². The average molecular weight is 277 g/mol. The van der Waals surface area contributed by atoms with E-state index in [-0.39, 0.29) is 57.1 Å². The molecule has 0 fully saturated rings. The summed E-state index contributed by atoms with van der Waals surface area (Å²) < 4.78 is 0. The van der Waals surface area contributed by atoms with E-state index in [2.05, 4.69) is 0 Å². The van der Waals surface area contributed by atoms with E-state index in [9.17, 15) is 30.0 Å². The Morgan fingerprint density at radius 2 is 1.00 bits per heavy atom. The van der Waals surface area contributed by atoms with Gasteiger partial charge in [-0.05, 0) is 11.1 Å². The molecule has 1 rings (SSSR count). The standard InChI is InChI=1S/C8H6O6.2Mg.2H2O/c9-5-1-3(7(11)12)6(10)2-4(5)8(13)14;;;;/h1-2,9-10H,(H,11,12)(H,13,14);;;2*1H2/q;2*+2;;/p-6. The summed E-state index contributed by atoms with van der Waals surface area (Å²) in [6.45, 7) is 0. The molecule has 0 aliphatic heterocycles. The van der Waals surface area contributed by atoms with Gasteiger partial charge in [-0.25, -0.2) is 0 Å². The number of aromatic carboxylic acids is 2. The van der Waals surface area contributed by atoms with Crippen molar-refractivity contribution in [3.63, 3.8) is 0 Å². The van der Waals surface area contributed by atoms with Crippen molar-refractivity contribution in [1.82, 2.24) is 0 Å². The van der Waals surface area contributed by atoms with Crippen LogP contribution < -0.4 is 20.4 Å². The number of carboxylic acid groups (broad SMARTS) is 2. The number of carbonyl (C=O) groups excluding carboxylic acids is 2. The zero-order chi connectivity index (χ0) is 10.9. The topological polar surface area (TPSA) is 186 Å². The van der Waals surface area contributed by atoms with Gasteiger partial charge in [0.1, 0.15) is 0 Å². The van der Waals surface area contributed by atoms with E-state index in [4.69, 9.17) is 0 Å². The SMILES string of the molecule is O=C([O-])c1cc([O-])c(C(=O)[O-])cc1[O-].[Mg+2].[Mg+2].[OH-].[OH-]. The van der Waals surface area contributed by atoms with Crippen LogP contribution in [0.25, 0.3) is 0 Å². The fourth-order valence-electron chi connectivity index (χ4n) is 0.879. The first-order valence-corrected chi connectivity index (χ1v) is 3.38. The van der Waals surface area contributed by atoms with Gasteiger partial charge >= 0.3 is 46.1 Å². The molecule has 0 aliphatic rings. The van der Waals surface area contributed by atoms with Crippen LogP contribution in [0.15, 0.2) is 12.1 Å². The van der Waals surface area contributed by atoms with Crippen molar-refractivity contribution in [3.8, 4) is 11.5 Å². The van der Waals surface area contributed by atoms with Crippen LogP contribution in [-0.2, 0) is 0 Å². The Kier molecular flexibility index (Phi) is 14.6. The van der Waals surface area contributed by atoms with E-state index < -0.39 is 34.6 Å². The normalized spacial score (nSPS) is 7.56. The summed E-state index contributed by atoms with van der Waals surface area (Å²) in [5.41, 5.74) is -1.72. The van der Waals surface area contributed by atoms with E-state index in [0.29, 0.717) is 12.1 Å². The van der Waals surface area contributed by atoms with E-state index in [1.54, 1.807) is 0 Å². The van der Waals surface area contributed by atoms with Gasteiger partial charge in [0.05, 0.1) is 11.9 Å². The molecule has 90 valence electrons. The smallest absolute Gasteiger partial charge is 0.872 e. The van der Waals surface area contributed by atoms with Crippen LogP contribution in [0.2, 0.25) is 0 Å². The Balaban J connectivity index is -0.000000245. The van der Waals surface area contributed by atoms with Gasteiger partial charge in [0, 0.05) is 0 Å². The second-order valence-corrected chi connectivity index (χ2v) is 2.42. The minimum absolute atomic E-state index is 0. The van der Waals surface area contributed by atoms with Crippen molar-refractivity contribution in [1.29, 1.82) is 0 Å². The van der Waals surface area contributed by atoms with E-state index >= 15 is 0 Å². The minimum Gasteiger partial charge on any atom is -0.872 e. The van der Waals surface area contributed by atoms with Crippen molar-refractivity contribution in [2.24, 2.45) is 0 Å². The zero-order valence-corrected chi connectivity index (χ0v) is 11.7. The minimum atomic E-state index is -1.82. The molecule has 0 bridgehead atoms. The quantitative estimate of drug-likeness (QED) is 0.483. The second kappa shape index (κ2) is 10.2. The molecule has 0 radical (unpaired) electrons. The van der Waals surface area contributed by atoms with Crippen molar-refractivity contribution >= 4 is 58.0 Å². The fourth-order valence-corrected chi connectivity index (χ4v) is 0.879. The molecule has 10 heteroatoms. The number of hydrogen-bond acceptors (Lipinski definition) is 8. The van der Waals surface area contributed by atoms with Crippen molar-refractivity contribution in [3.05, 3.63) is 23.3 Å². The second-order valence-electron chi connectivity index (χ2n) is 2.42. The molecule has 0 amide bonds. The molecule has 0 unspecified atom stereocenters. The first-order valence-electron chi connectivity index (χ1n) is 3.38. The third-order valence-corrected chi connectivity index (χ3v) is 1.52. The van der Waals surface area contributed by atoms with Gasteiger partial charge < -0.3 is 41.0 Å². The largest absolute Gasteiger partial charge is 2.00 e. The molecular formula is C8H4Mg2O8-2. The van der Waals surface area contributed by atoms with E-state index in [1.165, 1.54) is 0 Å². The van der Waals surface area contributed by atoms with Gasteiger partial charge in [0.25, 0.3) is 0 Å². The van der Waals surface area contributed by atoms with Crippen LogP contribution in [0.1, 0.15) is 20.7 Å². The summed E-state index contributed by atoms with van der Waals surface area (Å²) in [5.74, 6) is -5.83. The summed E-state index contributed by atoms with van der Waals surface area (Å²) in [5, 5.41) is 42.3. The van der Waals surface area contributed by atoms with E-state index in [0.717, 1.165) is 0 Å². The molecule has 0 saturated heterocycles. The van der Waals surface area contributed by atoms with Crippen LogP contribution in [0.4, 0.5) is 0 Å². The number of rotatable bonds is 2. The molecule has 18 heavy (non-hydrogen) atoms. The van der Waals surface area contributed by atoms with Crippen LogP contribution in [0.3, 0.4) is 0 Å². The first-order chi connectivity index (χ1) is 6.43. The molecule has 0 spiro atoms. The van der Waals surface area contributed by atoms with Crippen molar-refractivity contribution < 1.29 is 41.0 Å². The number of carboxylic acids is 2. The molecule has 0 aliphatic carbocycles. The maximum atomic E-state index is 10.9. The number of hydrogen-bond donors (Lipinski definition) is 0. The summed E-state index contributed by atoms with van der Waals surface area (Å²) in [6, 6.07) is 0.811. The average Bonchev–Trinajstić information content (AvgIpc) is 2.07. The summed E-state index contributed by atoms with van der Waals surface area (Å²) in [4.78, 5) is 20.5. The molecule has 2 N–H and O–H groups in total. The molecule has 1 aromatic rings. The van der Waals surface area contributed by atoms with Crippen LogP contribution in [-0.4, -0.2) is 69.0 Å². The Labute approximate surface area is 133 Å². The molecular weight excluding hydrogens is 273 g/mol.